The lowest BCUT2D eigenvalue weighted by Crippen LogP contribution is -2.46. The zero-order chi connectivity index (χ0) is 17.9. The van der Waals surface area contributed by atoms with E-state index in [0.29, 0.717) is 23.4 Å². The van der Waals surface area contributed by atoms with Gasteiger partial charge in [-0.3, -0.25) is 9.59 Å². The molecule has 2 amide bonds. The number of nitrogens with zero attached hydrogens (tertiary/aromatic N) is 1. The monoisotopic (exact) mass is 353 g/mol. The Labute approximate surface area is 142 Å². The number of hydrogen-bond donors (Lipinski definition) is 2. The van der Waals surface area contributed by atoms with Crippen LogP contribution >= 0.6 is 0 Å². The molecule has 0 bridgehead atoms. The van der Waals surface area contributed by atoms with E-state index in [-0.39, 0.29) is 12.6 Å². The summed E-state index contributed by atoms with van der Waals surface area (Å²) in [5, 5.41) is 4.74. The molecule has 0 saturated carbocycles. The Morgan fingerprint density at radius 3 is 2.62 bits per heavy atom. The zero-order valence-electron chi connectivity index (χ0n) is 14.1. The van der Waals surface area contributed by atoms with Crippen LogP contribution in [-0.2, 0) is 19.6 Å². The quantitative estimate of drug-likeness (QED) is 0.762. The average Bonchev–Trinajstić information content (AvgIpc) is 3.03. The largest absolute Gasteiger partial charge is 0.351 e. The van der Waals surface area contributed by atoms with Crippen LogP contribution in [0.4, 0.5) is 0 Å². The van der Waals surface area contributed by atoms with Gasteiger partial charge in [0.2, 0.25) is 10.0 Å². The second-order valence-corrected chi connectivity index (χ2v) is 7.83. The third kappa shape index (κ3) is 3.76. The highest BCUT2D eigenvalue weighted by Crippen LogP contribution is 2.28. The average molecular weight is 353 g/mol. The van der Waals surface area contributed by atoms with Crippen molar-refractivity contribution in [2.45, 2.75) is 37.6 Å². The van der Waals surface area contributed by atoms with E-state index >= 15 is 0 Å². The molecule has 24 heavy (non-hydrogen) atoms. The summed E-state index contributed by atoms with van der Waals surface area (Å²) in [7, 11) is -2.26. The molecule has 2 rings (SSSR count). The predicted molar refractivity (Wildman–Crippen MR) is 89.9 cm³/mol. The normalized spacial score (nSPS) is 18.4. The smallest absolute Gasteiger partial charge is 0.309 e. The van der Waals surface area contributed by atoms with E-state index in [1.54, 1.807) is 19.1 Å². The molecule has 0 aliphatic carbocycles. The number of amides is 2. The minimum absolute atomic E-state index is 0.121. The molecule has 1 aromatic carbocycles. The van der Waals surface area contributed by atoms with Gasteiger partial charge in [-0.25, -0.2) is 8.42 Å². The van der Waals surface area contributed by atoms with Crippen molar-refractivity contribution >= 4 is 21.8 Å². The standard InChI is InChI=1S/C16H23N3O4S/c1-11-6-7-12(2)14(9-11)24(22,23)19-8-4-5-13(19)10-18-16(21)15(20)17-3/h6-7,9,13H,4-5,8,10H2,1-3H3,(H,17,20)(H,18,21)/t13-/m1/s1. The highest BCUT2D eigenvalue weighted by Gasteiger charge is 2.36. The molecule has 1 saturated heterocycles. The van der Waals surface area contributed by atoms with Gasteiger partial charge < -0.3 is 10.6 Å². The Hall–Kier alpha value is -1.93. The van der Waals surface area contributed by atoms with Crippen LogP contribution in [-0.4, -0.2) is 50.7 Å². The molecule has 1 heterocycles. The van der Waals surface area contributed by atoms with Crippen molar-refractivity contribution in [3.63, 3.8) is 0 Å². The number of aryl methyl sites for hydroxylation is 2. The first kappa shape index (κ1) is 18.4. The van der Waals surface area contributed by atoms with E-state index in [1.807, 2.05) is 13.0 Å². The van der Waals surface area contributed by atoms with Crippen LogP contribution in [0.25, 0.3) is 0 Å². The number of hydrogen-bond acceptors (Lipinski definition) is 4. The molecule has 0 aromatic heterocycles. The molecule has 1 fully saturated rings. The van der Waals surface area contributed by atoms with E-state index in [4.69, 9.17) is 0 Å². The Kier molecular flexibility index (Phi) is 5.61. The SMILES string of the molecule is CNC(=O)C(=O)NC[C@H]1CCCN1S(=O)(=O)c1cc(C)ccc1C. The number of nitrogens with one attached hydrogen (secondary N) is 2. The fourth-order valence-electron chi connectivity index (χ4n) is 2.85. The predicted octanol–water partition coefficient (Wildman–Crippen LogP) is 0.319. The molecule has 0 radical (unpaired) electrons. The Morgan fingerprint density at radius 2 is 1.96 bits per heavy atom. The van der Waals surface area contributed by atoms with Gasteiger partial charge in [-0.15, -0.1) is 0 Å². The summed E-state index contributed by atoms with van der Waals surface area (Å²) in [5.41, 5.74) is 1.57. The number of carbonyl (C=O) groups excluding carboxylic acids is 2. The Bertz CT molecular complexity index is 746. The third-order valence-electron chi connectivity index (χ3n) is 4.18. The lowest BCUT2D eigenvalue weighted by atomic mass is 10.2. The summed E-state index contributed by atoms with van der Waals surface area (Å²) < 4.78 is 27.4. The van der Waals surface area contributed by atoms with Gasteiger partial charge in [0, 0.05) is 26.2 Å². The molecular formula is C16H23N3O4S. The second kappa shape index (κ2) is 7.31. The molecule has 0 unspecified atom stereocenters. The molecule has 1 atom stereocenters. The van der Waals surface area contributed by atoms with Crippen molar-refractivity contribution in [3.05, 3.63) is 29.3 Å². The van der Waals surface area contributed by atoms with Gasteiger partial charge in [0.25, 0.3) is 0 Å². The van der Waals surface area contributed by atoms with Crippen LogP contribution in [0.5, 0.6) is 0 Å². The topological polar surface area (TPSA) is 95.6 Å². The van der Waals surface area contributed by atoms with Gasteiger partial charge in [-0.05, 0) is 43.9 Å². The first-order valence-electron chi connectivity index (χ1n) is 7.86. The van der Waals surface area contributed by atoms with E-state index in [0.717, 1.165) is 12.0 Å². The number of likely N-dealkylation sites (N-methyl/N-ethyl adjacent to an activating group) is 1. The van der Waals surface area contributed by atoms with Gasteiger partial charge >= 0.3 is 11.8 Å². The summed E-state index contributed by atoms with van der Waals surface area (Å²) in [5.74, 6) is -1.49. The molecule has 1 aromatic rings. The molecule has 0 spiro atoms. The van der Waals surface area contributed by atoms with E-state index < -0.39 is 21.8 Å². The minimum atomic E-state index is -3.63. The minimum Gasteiger partial charge on any atom is -0.351 e. The Morgan fingerprint density at radius 1 is 1.25 bits per heavy atom. The third-order valence-corrected chi connectivity index (χ3v) is 6.28. The first-order chi connectivity index (χ1) is 11.3. The van der Waals surface area contributed by atoms with Crippen molar-refractivity contribution in [2.75, 3.05) is 20.1 Å². The number of sulfonamides is 1. The summed E-state index contributed by atoms with van der Waals surface area (Å²) in [6.07, 6.45) is 1.38. The van der Waals surface area contributed by atoms with Crippen LogP contribution in [0, 0.1) is 13.8 Å². The Balaban J connectivity index is 2.18. The van der Waals surface area contributed by atoms with Gasteiger partial charge in [0.05, 0.1) is 4.90 Å². The van der Waals surface area contributed by atoms with Crippen molar-refractivity contribution < 1.29 is 18.0 Å². The van der Waals surface area contributed by atoms with Crippen molar-refractivity contribution in [1.29, 1.82) is 0 Å². The van der Waals surface area contributed by atoms with E-state index in [2.05, 4.69) is 10.6 Å². The highest BCUT2D eigenvalue weighted by atomic mass is 32.2. The van der Waals surface area contributed by atoms with E-state index in [9.17, 15) is 18.0 Å². The fraction of sp³-hybridized carbons (Fsp3) is 0.500. The van der Waals surface area contributed by atoms with Crippen LogP contribution in [0.2, 0.25) is 0 Å². The summed E-state index contributed by atoms with van der Waals surface area (Å²) in [6, 6.07) is 4.99. The summed E-state index contributed by atoms with van der Waals surface area (Å²) >= 11 is 0. The molecule has 1 aliphatic heterocycles. The van der Waals surface area contributed by atoms with E-state index in [1.165, 1.54) is 11.4 Å². The first-order valence-corrected chi connectivity index (χ1v) is 9.30. The molecule has 1 aliphatic rings. The maximum Gasteiger partial charge on any atom is 0.309 e. The van der Waals surface area contributed by atoms with Gasteiger partial charge in [-0.1, -0.05) is 12.1 Å². The molecule has 132 valence electrons. The number of carbonyl (C=O) groups is 2. The molecule has 7 nitrogen and oxygen atoms in total. The highest BCUT2D eigenvalue weighted by molar-refractivity contribution is 7.89. The number of benzene rings is 1. The summed E-state index contributed by atoms with van der Waals surface area (Å²) in [6.45, 7) is 4.15. The van der Waals surface area contributed by atoms with Crippen LogP contribution in [0.15, 0.2) is 23.1 Å². The second-order valence-electron chi connectivity index (χ2n) is 5.97. The molecule has 8 heteroatoms. The van der Waals surface area contributed by atoms with Crippen LogP contribution in [0.1, 0.15) is 24.0 Å². The lowest BCUT2D eigenvalue weighted by Gasteiger charge is -2.25. The maximum absolute atomic E-state index is 13.0. The van der Waals surface area contributed by atoms with Crippen LogP contribution in [0.3, 0.4) is 0 Å². The maximum atomic E-state index is 13.0. The van der Waals surface area contributed by atoms with Crippen LogP contribution < -0.4 is 10.6 Å². The molecular weight excluding hydrogens is 330 g/mol. The van der Waals surface area contributed by atoms with Crippen molar-refractivity contribution in [1.82, 2.24) is 14.9 Å². The lowest BCUT2D eigenvalue weighted by molar-refractivity contribution is -0.138. The zero-order valence-corrected chi connectivity index (χ0v) is 14.9. The van der Waals surface area contributed by atoms with Gasteiger partial charge in [-0.2, -0.15) is 4.31 Å². The number of rotatable bonds is 4. The van der Waals surface area contributed by atoms with Crippen molar-refractivity contribution in [2.24, 2.45) is 0 Å². The van der Waals surface area contributed by atoms with Crippen molar-refractivity contribution in [3.8, 4) is 0 Å². The fourth-order valence-corrected chi connectivity index (χ4v) is 4.85. The summed E-state index contributed by atoms with van der Waals surface area (Å²) in [4.78, 5) is 23.1. The van der Waals surface area contributed by atoms with Gasteiger partial charge in [0.1, 0.15) is 0 Å². The molecule has 2 N–H and O–H groups in total. The van der Waals surface area contributed by atoms with Gasteiger partial charge in [0.15, 0.2) is 0 Å².